The van der Waals surface area contributed by atoms with Crippen LogP contribution in [-0.2, 0) is 6.54 Å². The van der Waals surface area contributed by atoms with Gasteiger partial charge in [0.1, 0.15) is 0 Å². The Kier molecular flexibility index (Phi) is 3.47. The molecule has 19 heavy (non-hydrogen) atoms. The average molecular weight is 253 g/mol. The van der Waals surface area contributed by atoms with E-state index in [4.69, 9.17) is 0 Å². The first-order valence-corrected chi connectivity index (χ1v) is 6.81. The molecule has 0 saturated heterocycles. The lowest BCUT2D eigenvalue weighted by atomic mass is 10.1. The van der Waals surface area contributed by atoms with Gasteiger partial charge in [-0.3, -0.25) is 4.98 Å². The van der Waals surface area contributed by atoms with E-state index in [2.05, 4.69) is 58.5 Å². The number of nitrogens with one attached hydrogen (secondary N) is 1. The number of anilines is 1. The highest BCUT2D eigenvalue weighted by Gasteiger charge is 2.20. The zero-order valence-corrected chi connectivity index (χ0v) is 11.2. The monoisotopic (exact) mass is 253 g/mol. The van der Waals surface area contributed by atoms with Gasteiger partial charge >= 0.3 is 0 Å². The summed E-state index contributed by atoms with van der Waals surface area (Å²) >= 11 is 0. The highest BCUT2D eigenvalue weighted by Crippen LogP contribution is 2.30. The summed E-state index contributed by atoms with van der Waals surface area (Å²) in [6.07, 6.45) is 3.74. The minimum absolute atomic E-state index is 0.365. The molecule has 0 saturated carbocycles. The Hall–Kier alpha value is -1.87. The van der Waals surface area contributed by atoms with Gasteiger partial charge in [0.15, 0.2) is 0 Å². The minimum atomic E-state index is 0.365. The summed E-state index contributed by atoms with van der Waals surface area (Å²) in [6.45, 7) is 5.26. The van der Waals surface area contributed by atoms with Gasteiger partial charge in [-0.1, -0.05) is 18.2 Å². The molecule has 0 amide bonds. The summed E-state index contributed by atoms with van der Waals surface area (Å²) < 4.78 is 0. The number of hydrogen-bond acceptors (Lipinski definition) is 3. The molecule has 1 aliphatic rings. The Labute approximate surface area is 114 Å². The first-order chi connectivity index (χ1) is 9.36. The van der Waals surface area contributed by atoms with Gasteiger partial charge in [-0.25, -0.2) is 0 Å². The summed E-state index contributed by atoms with van der Waals surface area (Å²) in [4.78, 5) is 6.58. The molecule has 1 unspecified atom stereocenters. The van der Waals surface area contributed by atoms with Crippen LogP contribution in [0.15, 0.2) is 48.8 Å². The van der Waals surface area contributed by atoms with Crippen LogP contribution in [0.1, 0.15) is 24.1 Å². The van der Waals surface area contributed by atoms with Crippen molar-refractivity contribution in [2.75, 3.05) is 18.0 Å². The van der Waals surface area contributed by atoms with E-state index in [9.17, 15) is 0 Å². The molecule has 0 aliphatic carbocycles. The normalized spacial score (nSPS) is 16.6. The van der Waals surface area contributed by atoms with Crippen molar-refractivity contribution in [2.24, 2.45) is 0 Å². The smallest absolute Gasteiger partial charge is 0.0516 e. The Morgan fingerprint density at radius 3 is 2.79 bits per heavy atom. The first kappa shape index (κ1) is 12.2. The highest BCUT2D eigenvalue weighted by atomic mass is 15.2. The van der Waals surface area contributed by atoms with Crippen LogP contribution in [0.25, 0.3) is 0 Å². The number of para-hydroxylation sites is 1. The minimum Gasteiger partial charge on any atom is -0.363 e. The van der Waals surface area contributed by atoms with Crippen LogP contribution >= 0.6 is 0 Å². The first-order valence-electron chi connectivity index (χ1n) is 6.81. The van der Waals surface area contributed by atoms with E-state index in [0.717, 1.165) is 19.6 Å². The van der Waals surface area contributed by atoms with Crippen LogP contribution in [0.4, 0.5) is 5.69 Å². The standard InChI is InChI=1S/C16H19N3/c1-13(14-6-8-17-9-7-14)19-11-10-18-12-15-4-2-3-5-16(15)19/h2-9,13,18H,10-12H2,1H3. The van der Waals surface area contributed by atoms with E-state index >= 15 is 0 Å². The number of benzene rings is 1. The zero-order valence-electron chi connectivity index (χ0n) is 11.2. The largest absolute Gasteiger partial charge is 0.363 e. The van der Waals surface area contributed by atoms with Gasteiger partial charge in [0.2, 0.25) is 0 Å². The van der Waals surface area contributed by atoms with Crippen LogP contribution < -0.4 is 10.2 Å². The molecule has 1 N–H and O–H groups in total. The maximum absolute atomic E-state index is 4.10. The molecule has 3 nitrogen and oxygen atoms in total. The van der Waals surface area contributed by atoms with Crippen LogP contribution in [0.3, 0.4) is 0 Å². The van der Waals surface area contributed by atoms with Crippen molar-refractivity contribution in [3.8, 4) is 0 Å². The fourth-order valence-electron chi connectivity index (χ4n) is 2.71. The van der Waals surface area contributed by atoms with Gasteiger partial charge in [-0.05, 0) is 36.2 Å². The molecule has 1 aromatic heterocycles. The topological polar surface area (TPSA) is 28.2 Å². The second kappa shape index (κ2) is 5.41. The molecule has 1 atom stereocenters. The van der Waals surface area contributed by atoms with E-state index in [1.807, 2.05) is 12.4 Å². The molecule has 0 fully saturated rings. The van der Waals surface area contributed by atoms with Gasteiger partial charge in [0, 0.05) is 37.7 Å². The molecule has 0 bridgehead atoms. The van der Waals surface area contributed by atoms with Crippen LogP contribution in [0, 0.1) is 0 Å². The summed E-state index contributed by atoms with van der Waals surface area (Å²) in [5.74, 6) is 0. The van der Waals surface area contributed by atoms with Gasteiger partial charge in [-0.15, -0.1) is 0 Å². The van der Waals surface area contributed by atoms with Gasteiger partial charge < -0.3 is 10.2 Å². The SMILES string of the molecule is CC(c1ccncc1)N1CCNCc2ccccc21. The van der Waals surface area contributed by atoms with Crippen molar-refractivity contribution >= 4 is 5.69 Å². The summed E-state index contributed by atoms with van der Waals surface area (Å²) in [5, 5.41) is 3.49. The van der Waals surface area contributed by atoms with E-state index in [0.29, 0.717) is 6.04 Å². The molecule has 1 aromatic carbocycles. The fraction of sp³-hybridized carbons (Fsp3) is 0.312. The fourth-order valence-corrected chi connectivity index (χ4v) is 2.71. The van der Waals surface area contributed by atoms with E-state index in [1.165, 1.54) is 16.8 Å². The van der Waals surface area contributed by atoms with E-state index < -0.39 is 0 Å². The maximum atomic E-state index is 4.10. The molecule has 98 valence electrons. The van der Waals surface area contributed by atoms with Crippen molar-refractivity contribution < 1.29 is 0 Å². The second-order valence-electron chi connectivity index (χ2n) is 4.96. The Balaban J connectivity index is 1.96. The van der Waals surface area contributed by atoms with Gasteiger partial charge in [-0.2, -0.15) is 0 Å². The molecule has 0 radical (unpaired) electrons. The van der Waals surface area contributed by atoms with Gasteiger partial charge in [0.05, 0.1) is 6.04 Å². The predicted molar refractivity (Wildman–Crippen MR) is 78.1 cm³/mol. The van der Waals surface area contributed by atoms with Crippen molar-refractivity contribution in [3.63, 3.8) is 0 Å². The zero-order chi connectivity index (χ0) is 13.1. The highest BCUT2D eigenvalue weighted by molar-refractivity contribution is 5.56. The summed E-state index contributed by atoms with van der Waals surface area (Å²) in [6, 6.07) is 13.2. The Morgan fingerprint density at radius 2 is 1.95 bits per heavy atom. The third-order valence-corrected chi connectivity index (χ3v) is 3.80. The lowest BCUT2D eigenvalue weighted by Gasteiger charge is -2.31. The van der Waals surface area contributed by atoms with Crippen LogP contribution in [-0.4, -0.2) is 18.1 Å². The number of nitrogens with zero attached hydrogens (tertiary/aromatic N) is 2. The molecule has 2 heterocycles. The van der Waals surface area contributed by atoms with Crippen molar-refractivity contribution in [1.82, 2.24) is 10.3 Å². The third kappa shape index (κ3) is 2.47. The number of fused-ring (bicyclic) bond motifs is 1. The lowest BCUT2D eigenvalue weighted by molar-refractivity contribution is 0.638. The van der Waals surface area contributed by atoms with Gasteiger partial charge in [0.25, 0.3) is 0 Å². The molecular formula is C16H19N3. The number of rotatable bonds is 2. The quantitative estimate of drug-likeness (QED) is 0.892. The molecule has 3 heteroatoms. The Bertz CT molecular complexity index is 539. The van der Waals surface area contributed by atoms with Crippen molar-refractivity contribution in [3.05, 3.63) is 59.9 Å². The third-order valence-electron chi connectivity index (χ3n) is 3.80. The van der Waals surface area contributed by atoms with Crippen LogP contribution in [0.5, 0.6) is 0 Å². The summed E-state index contributed by atoms with van der Waals surface area (Å²) in [5.41, 5.74) is 4.03. The molecule has 1 aliphatic heterocycles. The average Bonchev–Trinajstić information content (AvgIpc) is 2.70. The Morgan fingerprint density at radius 1 is 1.16 bits per heavy atom. The summed E-state index contributed by atoms with van der Waals surface area (Å²) in [7, 11) is 0. The van der Waals surface area contributed by atoms with Crippen molar-refractivity contribution in [1.29, 1.82) is 0 Å². The predicted octanol–water partition coefficient (Wildman–Crippen LogP) is 2.75. The number of pyridine rings is 1. The molecule has 3 rings (SSSR count). The van der Waals surface area contributed by atoms with Crippen LogP contribution in [0.2, 0.25) is 0 Å². The van der Waals surface area contributed by atoms with E-state index in [-0.39, 0.29) is 0 Å². The number of aromatic nitrogens is 1. The molecule has 0 spiro atoms. The van der Waals surface area contributed by atoms with E-state index in [1.54, 1.807) is 0 Å². The maximum Gasteiger partial charge on any atom is 0.0516 e. The second-order valence-corrected chi connectivity index (χ2v) is 4.96. The number of hydrogen-bond donors (Lipinski definition) is 1. The lowest BCUT2D eigenvalue weighted by Crippen LogP contribution is -2.31. The molecular weight excluding hydrogens is 234 g/mol. The van der Waals surface area contributed by atoms with Crippen molar-refractivity contribution in [2.45, 2.75) is 19.5 Å². The molecule has 2 aromatic rings.